The first-order chi connectivity index (χ1) is 10.6. The van der Waals surface area contributed by atoms with E-state index >= 15 is 0 Å². The summed E-state index contributed by atoms with van der Waals surface area (Å²) in [6, 6.07) is 4.17. The molecule has 1 amide bonds. The smallest absolute Gasteiger partial charge is 0.323 e. The average Bonchev–Trinajstić information content (AvgIpc) is 3.19. The Morgan fingerprint density at radius 3 is 2.68 bits per heavy atom. The van der Waals surface area contributed by atoms with Gasteiger partial charge in [-0.25, -0.2) is 0 Å². The molecule has 1 aliphatic heterocycles. The van der Waals surface area contributed by atoms with Crippen LogP contribution in [0.4, 0.5) is 0 Å². The first-order valence-corrected chi connectivity index (χ1v) is 8.54. The van der Waals surface area contributed by atoms with E-state index in [-0.39, 0.29) is 30.3 Å². The van der Waals surface area contributed by atoms with Gasteiger partial charge >= 0.3 is 5.97 Å². The van der Waals surface area contributed by atoms with Crippen molar-refractivity contribution >= 4 is 23.2 Å². The van der Waals surface area contributed by atoms with Crippen LogP contribution in [0.1, 0.15) is 34.9 Å². The molecular formula is C16H21NO4S. The highest BCUT2D eigenvalue weighted by Gasteiger charge is 2.47. The first-order valence-electron chi connectivity index (χ1n) is 7.72. The fourth-order valence-electron chi connectivity index (χ4n) is 3.18. The predicted molar refractivity (Wildman–Crippen MR) is 83.1 cm³/mol. The number of aliphatic carboxylic acids is 1. The molecule has 22 heavy (non-hydrogen) atoms. The molecule has 6 heteroatoms. The van der Waals surface area contributed by atoms with E-state index in [2.05, 4.69) is 19.1 Å². The fraction of sp³-hybridized carbons (Fsp3) is 0.625. The van der Waals surface area contributed by atoms with Gasteiger partial charge in [-0.15, -0.1) is 11.3 Å². The SMILES string of the molecule is Cc1ccc(C2CC2C(=O)N(CC(=O)O)C2CCOCC2)s1. The van der Waals surface area contributed by atoms with Crippen LogP contribution in [-0.4, -0.2) is 47.7 Å². The summed E-state index contributed by atoms with van der Waals surface area (Å²) in [6.07, 6.45) is 2.31. The Morgan fingerprint density at radius 1 is 1.36 bits per heavy atom. The van der Waals surface area contributed by atoms with Gasteiger partial charge in [0.2, 0.25) is 5.91 Å². The lowest BCUT2D eigenvalue weighted by atomic mass is 10.1. The lowest BCUT2D eigenvalue weighted by Gasteiger charge is -2.33. The molecule has 0 bridgehead atoms. The monoisotopic (exact) mass is 323 g/mol. The molecular weight excluding hydrogens is 302 g/mol. The molecule has 1 N–H and O–H groups in total. The van der Waals surface area contributed by atoms with Gasteiger partial charge in [0.15, 0.2) is 0 Å². The molecule has 2 fully saturated rings. The van der Waals surface area contributed by atoms with Crippen molar-refractivity contribution in [3.05, 3.63) is 21.9 Å². The molecule has 2 aliphatic rings. The number of nitrogens with zero attached hydrogens (tertiary/aromatic N) is 1. The van der Waals surface area contributed by atoms with Gasteiger partial charge in [0.1, 0.15) is 6.54 Å². The zero-order chi connectivity index (χ0) is 15.7. The number of thiophene rings is 1. The van der Waals surface area contributed by atoms with Crippen LogP contribution in [0, 0.1) is 12.8 Å². The molecule has 2 heterocycles. The molecule has 0 aromatic carbocycles. The van der Waals surface area contributed by atoms with Gasteiger partial charge in [0.25, 0.3) is 0 Å². The summed E-state index contributed by atoms with van der Waals surface area (Å²) in [5.41, 5.74) is 0. The lowest BCUT2D eigenvalue weighted by molar-refractivity contribution is -0.148. The topological polar surface area (TPSA) is 66.8 Å². The van der Waals surface area contributed by atoms with E-state index in [1.165, 1.54) is 9.75 Å². The van der Waals surface area contributed by atoms with Crippen molar-refractivity contribution in [2.24, 2.45) is 5.92 Å². The van der Waals surface area contributed by atoms with E-state index in [1.807, 2.05) is 0 Å². The van der Waals surface area contributed by atoms with Crippen molar-refractivity contribution < 1.29 is 19.4 Å². The highest BCUT2D eigenvalue weighted by atomic mass is 32.1. The summed E-state index contributed by atoms with van der Waals surface area (Å²) in [5.74, 6) is -0.697. The number of rotatable bonds is 5. The van der Waals surface area contributed by atoms with Crippen LogP contribution < -0.4 is 0 Å². The maximum atomic E-state index is 12.8. The van der Waals surface area contributed by atoms with Crippen LogP contribution >= 0.6 is 11.3 Å². The Bertz CT molecular complexity index is 564. The zero-order valence-corrected chi connectivity index (χ0v) is 13.5. The van der Waals surface area contributed by atoms with Gasteiger partial charge in [-0.3, -0.25) is 9.59 Å². The summed E-state index contributed by atoms with van der Waals surface area (Å²) in [5, 5.41) is 9.13. The van der Waals surface area contributed by atoms with Crippen molar-refractivity contribution in [2.75, 3.05) is 19.8 Å². The second-order valence-corrected chi connectivity index (χ2v) is 7.42. The molecule has 1 aliphatic carbocycles. The van der Waals surface area contributed by atoms with Crippen molar-refractivity contribution in [3.63, 3.8) is 0 Å². The van der Waals surface area contributed by atoms with Gasteiger partial charge in [0.05, 0.1) is 0 Å². The highest BCUT2D eigenvalue weighted by Crippen LogP contribution is 2.50. The third-order valence-electron chi connectivity index (χ3n) is 4.45. The Morgan fingerprint density at radius 2 is 2.09 bits per heavy atom. The Balaban J connectivity index is 1.68. The van der Waals surface area contributed by atoms with Crippen molar-refractivity contribution in [3.8, 4) is 0 Å². The molecule has 2 atom stereocenters. The van der Waals surface area contributed by atoms with Crippen molar-refractivity contribution in [1.82, 2.24) is 4.90 Å². The number of carbonyl (C=O) groups is 2. The van der Waals surface area contributed by atoms with Gasteiger partial charge in [-0.2, -0.15) is 0 Å². The predicted octanol–water partition coefficient (Wildman–Crippen LogP) is 2.25. The van der Waals surface area contributed by atoms with Crippen LogP contribution in [0.2, 0.25) is 0 Å². The van der Waals surface area contributed by atoms with Crippen LogP contribution in [0.15, 0.2) is 12.1 Å². The summed E-state index contributed by atoms with van der Waals surface area (Å²) < 4.78 is 5.32. The second-order valence-electron chi connectivity index (χ2n) is 6.10. The second kappa shape index (κ2) is 6.38. The third kappa shape index (κ3) is 3.33. The number of carboxylic acids is 1. The van der Waals surface area contributed by atoms with E-state index in [0.29, 0.717) is 13.2 Å². The van der Waals surface area contributed by atoms with Crippen molar-refractivity contribution in [2.45, 2.75) is 38.1 Å². The van der Waals surface area contributed by atoms with E-state index in [1.54, 1.807) is 16.2 Å². The minimum Gasteiger partial charge on any atom is -0.480 e. The van der Waals surface area contributed by atoms with E-state index in [9.17, 15) is 9.59 Å². The van der Waals surface area contributed by atoms with Crippen molar-refractivity contribution in [1.29, 1.82) is 0 Å². The number of hydrogen-bond acceptors (Lipinski definition) is 4. The number of carboxylic acid groups (broad SMARTS) is 1. The molecule has 120 valence electrons. The molecule has 1 saturated heterocycles. The quantitative estimate of drug-likeness (QED) is 0.902. The van der Waals surface area contributed by atoms with Gasteiger partial charge in [0, 0.05) is 40.8 Å². The molecule has 5 nitrogen and oxygen atoms in total. The molecule has 0 radical (unpaired) electrons. The average molecular weight is 323 g/mol. The molecule has 2 unspecified atom stereocenters. The minimum atomic E-state index is -0.941. The summed E-state index contributed by atoms with van der Waals surface area (Å²) in [6.45, 7) is 3.07. The van der Waals surface area contributed by atoms with E-state index < -0.39 is 5.97 Å². The molecule has 1 aromatic heterocycles. The van der Waals surface area contributed by atoms with Gasteiger partial charge in [-0.05, 0) is 38.3 Å². The summed E-state index contributed by atoms with van der Waals surface area (Å²) in [4.78, 5) is 28.0. The van der Waals surface area contributed by atoms with E-state index in [4.69, 9.17) is 9.84 Å². The Labute approximate surface area is 133 Å². The normalized spacial score (nSPS) is 25.0. The van der Waals surface area contributed by atoms with Crippen LogP contribution in [0.5, 0.6) is 0 Å². The summed E-state index contributed by atoms with van der Waals surface area (Å²) in [7, 11) is 0. The Hall–Kier alpha value is -1.40. The van der Waals surface area contributed by atoms with Crippen LogP contribution in [0.3, 0.4) is 0 Å². The minimum absolute atomic E-state index is 0.00340. The van der Waals surface area contributed by atoms with E-state index in [0.717, 1.165) is 19.3 Å². The maximum Gasteiger partial charge on any atom is 0.323 e. The first kappa shape index (κ1) is 15.5. The largest absolute Gasteiger partial charge is 0.480 e. The van der Waals surface area contributed by atoms with Crippen LogP contribution in [-0.2, 0) is 14.3 Å². The number of hydrogen-bond donors (Lipinski definition) is 1. The standard InChI is InChI=1S/C16H21NO4S/c1-10-2-3-14(22-10)12-8-13(12)16(20)17(9-15(18)19)11-4-6-21-7-5-11/h2-3,11-13H,4-9H2,1H3,(H,18,19). The molecule has 0 spiro atoms. The molecule has 1 aromatic rings. The molecule has 1 saturated carbocycles. The van der Waals surface area contributed by atoms with Gasteiger partial charge < -0.3 is 14.7 Å². The van der Waals surface area contributed by atoms with Gasteiger partial charge in [-0.1, -0.05) is 0 Å². The zero-order valence-electron chi connectivity index (χ0n) is 12.7. The lowest BCUT2D eigenvalue weighted by Crippen LogP contribution is -2.46. The van der Waals surface area contributed by atoms with Crippen LogP contribution in [0.25, 0.3) is 0 Å². The third-order valence-corrected chi connectivity index (χ3v) is 5.59. The number of carbonyl (C=O) groups excluding carboxylic acids is 1. The fourth-order valence-corrected chi connectivity index (χ4v) is 4.23. The number of amides is 1. The number of ether oxygens (including phenoxy) is 1. The Kier molecular flexibility index (Phi) is 4.49. The molecule has 3 rings (SSSR count). The highest BCUT2D eigenvalue weighted by molar-refractivity contribution is 7.12. The maximum absolute atomic E-state index is 12.8. The number of aryl methyl sites for hydroxylation is 1. The summed E-state index contributed by atoms with van der Waals surface area (Å²) >= 11 is 1.73.